The highest BCUT2D eigenvalue weighted by Crippen LogP contribution is 2.17. The van der Waals surface area contributed by atoms with E-state index in [1.165, 1.54) is 64.2 Å². The normalized spacial score (nSPS) is 12.9. The van der Waals surface area contributed by atoms with Crippen LogP contribution in [-0.2, 0) is 0 Å². The number of halogens is 2. The van der Waals surface area contributed by atoms with E-state index in [2.05, 4.69) is 6.92 Å². The average Bonchev–Trinajstić information content (AvgIpc) is 2.33. The first-order valence-corrected chi connectivity index (χ1v) is 8.48. The summed E-state index contributed by atoms with van der Waals surface area (Å²) in [5, 5.41) is 0.387. The minimum Gasteiger partial charge on any atom is -0.127 e. The molecule has 0 nitrogen and oxygen atoms in total. The third-order valence-corrected chi connectivity index (χ3v) is 3.98. The van der Waals surface area contributed by atoms with E-state index in [4.69, 9.17) is 23.2 Å². The van der Waals surface area contributed by atoms with Crippen molar-refractivity contribution in [1.82, 2.24) is 0 Å². The van der Waals surface area contributed by atoms with Crippen molar-refractivity contribution >= 4 is 23.2 Å². The third-order valence-electron chi connectivity index (χ3n) is 3.27. The van der Waals surface area contributed by atoms with Crippen molar-refractivity contribution in [3.8, 4) is 0 Å². The molecule has 104 valence electrons. The number of hydrogen-bond acceptors (Lipinski definition) is 0. The van der Waals surface area contributed by atoms with Crippen LogP contribution in [0.3, 0.4) is 0 Å². The van der Waals surface area contributed by atoms with E-state index >= 15 is 0 Å². The van der Waals surface area contributed by atoms with Crippen LogP contribution in [0.1, 0.15) is 84.0 Å². The lowest BCUT2D eigenvalue weighted by molar-refractivity contribution is 0.546. The molecule has 0 rings (SSSR count). The lowest BCUT2D eigenvalue weighted by Crippen LogP contribution is -1.98. The van der Waals surface area contributed by atoms with Crippen LogP contribution in [0.4, 0.5) is 0 Å². The number of rotatable bonds is 13. The maximum absolute atomic E-state index is 6.25. The van der Waals surface area contributed by atoms with E-state index in [1.54, 1.807) is 0 Å². The predicted octanol–water partition coefficient (Wildman–Crippen LogP) is 6.53. The van der Waals surface area contributed by atoms with E-state index in [0.717, 1.165) is 18.7 Å². The number of hydrogen-bond donors (Lipinski definition) is 0. The summed E-state index contributed by atoms with van der Waals surface area (Å²) in [6.45, 7) is 2.27. The molecule has 0 aromatic rings. The fraction of sp³-hybridized carbons (Fsp3) is 1.00. The molecule has 0 bridgehead atoms. The van der Waals surface area contributed by atoms with E-state index in [9.17, 15) is 0 Å². The predicted molar refractivity (Wildman–Crippen MR) is 81.4 cm³/mol. The first-order valence-electron chi connectivity index (χ1n) is 7.51. The van der Waals surface area contributed by atoms with Gasteiger partial charge in [0.05, 0.1) is 0 Å². The van der Waals surface area contributed by atoms with Crippen molar-refractivity contribution in [2.45, 2.75) is 89.4 Å². The van der Waals surface area contributed by atoms with Gasteiger partial charge >= 0.3 is 0 Å². The largest absolute Gasteiger partial charge is 0.127 e. The molecule has 0 aromatic carbocycles. The maximum atomic E-state index is 6.25. The minimum atomic E-state index is 0.387. The lowest BCUT2D eigenvalue weighted by Gasteiger charge is -2.08. The Morgan fingerprint density at radius 3 is 1.71 bits per heavy atom. The summed E-state index contributed by atoms with van der Waals surface area (Å²) >= 11 is 11.9. The van der Waals surface area contributed by atoms with Gasteiger partial charge in [-0.05, 0) is 19.3 Å². The molecule has 0 heterocycles. The second kappa shape index (κ2) is 14.6. The van der Waals surface area contributed by atoms with E-state index in [1.807, 2.05) is 0 Å². The number of alkyl halides is 2. The van der Waals surface area contributed by atoms with Gasteiger partial charge in [-0.1, -0.05) is 64.7 Å². The van der Waals surface area contributed by atoms with Gasteiger partial charge in [-0.3, -0.25) is 0 Å². The van der Waals surface area contributed by atoms with Crippen molar-refractivity contribution in [3.63, 3.8) is 0 Å². The zero-order valence-corrected chi connectivity index (χ0v) is 13.0. The van der Waals surface area contributed by atoms with Crippen LogP contribution in [-0.4, -0.2) is 11.3 Å². The topological polar surface area (TPSA) is 0 Å². The van der Waals surface area contributed by atoms with Gasteiger partial charge in [0, 0.05) is 11.3 Å². The first-order chi connectivity index (χ1) is 8.31. The summed E-state index contributed by atoms with van der Waals surface area (Å²) in [6, 6.07) is 0. The monoisotopic (exact) mass is 280 g/mol. The van der Waals surface area contributed by atoms with Crippen molar-refractivity contribution in [2.24, 2.45) is 0 Å². The van der Waals surface area contributed by atoms with Crippen molar-refractivity contribution in [2.75, 3.05) is 5.88 Å². The summed E-state index contributed by atoms with van der Waals surface area (Å²) < 4.78 is 0. The standard InChI is InChI=1S/C15H30Cl2/c1-2-3-4-5-6-7-8-9-12-15(17)13-10-11-14-16/h15H,2-14H2,1H3. The first kappa shape index (κ1) is 17.6. The van der Waals surface area contributed by atoms with E-state index in [0.29, 0.717) is 5.38 Å². The molecule has 0 N–H and O–H groups in total. The zero-order chi connectivity index (χ0) is 12.8. The highest BCUT2D eigenvalue weighted by Gasteiger charge is 2.03. The molecule has 0 aromatic heterocycles. The molecule has 0 saturated heterocycles. The van der Waals surface area contributed by atoms with Crippen LogP contribution < -0.4 is 0 Å². The average molecular weight is 281 g/mol. The van der Waals surface area contributed by atoms with Crippen molar-refractivity contribution in [3.05, 3.63) is 0 Å². The molecule has 0 aliphatic heterocycles. The van der Waals surface area contributed by atoms with Gasteiger partial charge in [0.1, 0.15) is 0 Å². The van der Waals surface area contributed by atoms with Crippen LogP contribution >= 0.6 is 23.2 Å². The van der Waals surface area contributed by atoms with Crippen LogP contribution in [0.25, 0.3) is 0 Å². The molecule has 0 aliphatic carbocycles. The SMILES string of the molecule is CCCCCCCCCCC(Cl)CCCCCl. The van der Waals surface area contributed by atoms with Gasteiger partial charge in [0.25, 0.3) is 0 Å². The van der Waals surface area contributed by atoms with Crippen LogP contribution in [0, 0.1) is 0 Å². The zero-order valence-electron chi connectivity index (χ0n) is 11.5. The molecule has 0 spiro atoms. The smallest absolute Gasteiger partial charge is 0.0336 e. The van der Waals surface area contributed by atoms with Crippen LogP contribution in [0.2, 0.25) is 0 Å². The maximum Gasteiger partial charge on any atom is 0.0336 e. The number of unbranched alkanes of at least 4 members (excludes halogenated alkanes) is 8. The summed E-state index contributed by atoms with van der Waals surface area (Å²) in [4.78, 5) is 0. The summed E-state index contributed by atoms with van der Waals surface area (Å²) in [7, 11) is 0. The Kier molecular flexibility index (Phi) is 15.1. The van der Waals surface area contributed by atoms with E-state index in [-0.39, 0.29) is 0 Å². The molecule has 0 saturated carbocycles. The quantitative estimate of drug-likeness (QED) is 0.266. The fourth-order valence-electron chi connectivity index (χ4n) is 2.10. The molecule has 1 atom stereocenters. The van der Waals surface area contributed by atoms with Crippen molar-refractivity contribution in [1.29, 1.82) is 0 Å². The summed E-state index contributed by atoms with van der Waals surface area (Å²) in [5.74, 6) is 0.779. The minimum absolute atomic E-state index is 0.387. The molecular weight excluding hydrogens is 251 g/mol. The Morgan fingerprint density at radius 2 is 1.18 bits per heavy atom. The molecule has 0 radical (unpaired) electrons. The summed E-state index contributed by atoms with van der Waals surface area (Å²) in [5.41, 5.74) is 0. The molecule has 1 unspecified atom stereocenters. The van der Waals surface area contributed by atoms with Crippen LogP contribution in [0.5, 0.6) is 0 Å². The Labute approximate surface area is 118 Å². The van der Waals surface area contributed by atoms with E-state index < -0.39 is 0 Å². The fourth-order valence-corrected chi connectivity index (χ4v) is 2.60. The Bertz CT molecular complexity index is 137. The lowest BCUT2D eigenvalue weighted by atomic mass is 10.0. The van der Waals surface area contributed by atoms with Gasteiger partial charge in [0.15, 0.2) is 0 Å². The summed E-state index contributed by atoms with van der Waals surface area (Å²) in [6.07, 6.45) is 15.7. The van der Waals surface area contributed by atoms with Gasteiger partial charge in [-0.2, -0.15) is 0 Å². The molecule has 0 amide bonds. The van der Waals surface area contributed by atoms with Gasteiger partial charge in [0.2, 0.25) is 0 Å². The Morgan fingerprint density at radius 1 is 0.706 bits per heavy atom. The second-order valence-electron chi connectivity index (χ2n) is 5.05. The molecule has 2 heteroatoms. The van der Waals surface area contributed by atoms with Gasteiger partial charge in [-0.15, -0.1) is 23.2 Å². The molecule has 0 aliphatic rings. The molecule has 0 fully saturated rings. The van der Waals surface area contributed by atoms with Gasteiger partial charge in [-0.25, -0.2) is 0 Å². The second-order valence-corrected chi connectivity index (χ2v) is 6.04. The van der Waals surface area contributed by atoms with Gasteiger partial charge < -0.3 is 0 Å². The third kappa shape index (κ3) is 14.5. The highest BCUT2D eigenvalue weighted by atomic mass is 35.5. The Hall–Kier alpha value is 0.580. The van der Waals surface area contributed by atoms with Crippen LogP contribution in [0.15, 0.2) is 0 Å². The highest BCUT2D eigenvalue weighted by molar-refractivity contribution is 6.20. The molecular formula is C15H30Cl2. The van der Waals surface area contributed by atoms with Crippen molar-refractivity contribution < 1.29 is 0 Å². The Balaban J connectivity index is 3.05. The molecule has 17 heavy (non-hydrogen) atoms.